The number of aliphatic carboxylic acids is 1. The number of nitrogens with one attached hydrogen (secondary N) is 1. The van der Waals surface area contributed by atoms with Crippen molar-refractivity contribution in [1.82, 2.24) is 5.32 Å². The Labute approximate surface area is 126 Å². The van der Waals surface area contributed by atoms with Crippen LogP contribution in [0.5, 0.6) is 0 Å². The lowest BCUT2D eigenvalue weighted by molar-refractivity contribution is -0.137. The van der Waals surface area contributed by atoms with Gasteiger partial charge >= 0.3 is 5.97 Å². The van der Waals surface area contributed by atoms with Crippen LogP contribution in [-0.2, 0) is 9.59 Å². The molecule has 2 atom stereocenters. The van der Waals surface area contributed by atoms with E-state index in [2.05, 4.69) is 21.2 Å². The summed E-state index contributed by atoms with van der Waals surface area (Å²) in [4.78, 5) is 23.2. The van der Waals surface area contributed by atoms with Gasteiger partial charge in [0.2, 0.25) is 5.91 Å². The van der Waals surface area contributed by atoms with Crippen LogP contribution in [0, 0.1) is 11.3 Å². The SMILES string of the molecule is CC1(C)CC1C(=O)NC(CC(=O)O)c1cccc(Br)c1. The lowest BCUT2D eigenvalue weighted by atomic mass is 10.0. The third-order valence-corrected chi connectivity index (χ3v) is 4.27. The molecule has 2 N–H and O–H groups in total. The molecule has 0 heterocycles. The van der Waals surface area contributed by atoms with Crippen molar-refractivity contribution in [2.45, 2.75) is 32.7 Å². The number of hydrogen-bond acceptors (Lipinski definition) is 2. The Bertz CT molecular complexity index is 542. The molecule has 0 saturated heterocycles. The minimum atomic E-state index is -0.926. The summed E-state index contributed by atoms with van der Waals surface area (Å²) in [5.74, 6) is -0.988. The summed E-state index contributed by atoms with van der Waals surface area (Å²) >= 11 is 3.36. The minimum Gasteiger partial charge on any atom is -0.481 e. The summed E-state index contributed by atoms with van der Waals surface area (Å²) in [6.45, 7) is 4.09. The van der Waals surface area contributed by atoms with Gasteiger partial charge in [-0.3, -0.25) is 9.59 Å². The van der Waals surface area contributed by atoms with Crippen LogP contribution in [0.3, 0.4) is 0 Å². The van der Waals surface area contributed by atoms with Gasteiger partial charge in [-0.25, -0.2) is 0 Å². The van der Waals surface area contributed by atoms with E-state index in [1.807, 2.05) is 38.1 Å². The maximum atomic E-state index is 12.2. The van der Waals surface area contributed by atoms with Gasteiger partial charge in [0, 0.05) is 10.4 Å². The summed E-state index contributed by atoms with van der Waals surface area (Å²) in [5, 5.41) is 11.9. The average Bonchev–Trinajstić information content (AvgIpc) is 2.97. The standard InChI is InChI=1S/C15H18BrNO3/c1-15(2)8-11(15)14(20)17-12(7-13(18)19)9-4-3-5-10(16)6-9/h3-6,11-12H,7-8H2,1-2H3,(H,17,20)(H,18,19). The van der Waals surface area contributed by atoms with Crippen LogP contribution in [0.15, 0.2) is 28.7 Å². The molecule has 2 unspecified atom stereocenters. The first-order chi connectivity index (χ1) is 9.29. The lowest BCUT2D eigenvalue weighted by Gasteiger charge is -2.18. The highest BCUT2D eigenvalue weighted by atomic mass is 79.9. The molecule has 1 aromatic rings. The second-order valence-electron chi connectivity index (χ2n) is 5.96. The minimum absolute atomic E-state index is 0.00838. The Kier molecular flexibility index (Phi) is 4.18. The molecular weight excluding hydrogens is 322 g/mol. The molecule has 5 heteroatoms. The topological polar surface area (TPSA) is 66.4 Å². The average molecular weight is 340 g/mol. The fraction of sp³-hybridized carbons (Fsp3) is 0.467. The number of halogens is 1. The second kappa shape index (κ2) is 5.56. The molecule has 1 saturated carbocycles. The molecular formula is C15H18BrNO3. The predicted octanol–water partition coefficient (Wildman–Crippen LogP) is 3.13. The number of benzene rings is 1. The zero-order chi connectivity index (χ0) is 14.9. The molecule has 0 radical (unpaired) electrons. The molecule has 1 aromatic carbocycles. The highest BCUT2D eigenvalue weighted by Gasteiger charge is 2.50. The number of hydrogen-bond donors (Lipinski definition) is 2. The number of carboxylic acids is 1. The van der Waals surface area contributed by atoms with E-state index in [1.54, 1.807) is 0 Å². The zero-order valence-corrected chi connectivity index (χ0v) is 13.1. The fourth-order valence-corrected chi connectivity index (χ4v) is 2.75. The predicted molar refractivity (Wildman–Crippen MR) is 79.2 cm³/mol. The Balaban J connectivity index is 2.12. The van der Waals surface area contributed by atoms with Crippen LogP contribution in [-0.4, -0.2) is 17.0 Å². The number of carbonyl (C=O) groups is 2. The first-order valence-electron chi connectivity index (χ1n) is 6.57. The molecule has 1 amide bonds. The maximum Gasteiger partial charge on any atom is 0.305 e. The molecule has 1 aliphatic rings. The van der Waals surface area contributed by atoms with Gasteiger partial charge in [0.15, 0.2) is 0 Å². The van der Waals surface area contributed by atoms with Crippen molar-refractivity contribution in [3.05, 3.63) is 34.3 Å². The highest BCUT2D eigenvalue weighted by molar-refractivity contribution is 9.10. The summed E-state index contributed by atoms with van der Waals surface area (Å²) in [7, 11) is 0. The molecule has 0 aromatic heterocycles. The first kappa shape index (κ1) is 15.0. The molecule has 108 valence electrons. The number of amides is 1. The molecule has 0 aliphatic heterocycles. The lowest BCUT2D eigenvalue weighted by Crippen LogP contribution is -2.32. The van der Waals surface area contributed by atoms with Gasteiger partial charge in [-0.2, -0.15) is 0 Å². The molecule has 1 aliphatic carbocycles. The van der Waals surface area contributed by atoms with E-state index >= 15 is 0 Å². The van der Waals surface area contributed by atoms with Gasteiger partial charge in [-0.05, 0) is 29.5 Å². The van der Waals surface area contributed by atoms with Gasteiger partial charge in [0.05, 0.1) is 12.5 Å². The number of carboxylic acid groups (broad SMARTS) is 1. The Morgan fingerprint density at radius 2 is 2.15 bits per heavy atom. The summed E-state index contributed by atoms with van der Waals surface area (Å²) in [6.07, 6.45) is 0.743. The molecule has 4 nitrogen and oxygen atoms in total. The summed E-state index contributed by atoms with van der Waals surface area (Å²) in [5.41, 5.74) is 0.836. The van der Waals surface area contributed by atoms with E-state index in [4.69, 9.17) is 5.11 Å². The van der Waals surface area contributed by atoms with E-state index in [-0.39, 0.29) is 23.7 Å². The van der Waals surface area contributed by atoms with Crippen molar-refractivity contribution in [2.75, 3.05) is 0 Å². The van der Waals surface area contributed by atoms with Gasteiger partial charge in [-0.15, -0.1) is 0 Å². The van der Waals surface area contributed by atoms with Crippen molar-refractivity contribution < 1.29 is 14.7 Å². The number of rotatable bonds is 5. The third-order valence-electron chi connectivity index (χ3n) is 3.78. The van der Waals surface area contributed by atoms with Crippen molar-refractivity contribution >= 4 is 27.8 Å². The van der Waals surface area contributed by atoms with E-state index in [9.17, 15) is 9.59 Å². The van der Waals surface area contributed by atoms with Crippen LogP contribution in [0.2, 0.25) is 0 Å². The zero-order valence-electron chi connectivity index (χ0n) is 11.5. The molecule has 2 rings (SSSR count). The van der Waals surface area contributed by atoms with E-state index < -0.39 is 12.0 Å². The fourth-order valence-electron chi connectivity index (χ4n) is 2.34. The smallest absolute Gasteiger partial charge is 0.305 e. The Hall–Kier alpha value is -1.36. The third kappa shape index (κ3) is 3.60. The van der Waals surface area contributed by atoms with Gasteiger partial charge in [0.25, 0.3) is 0 Å². The van der Waals surface area contributed by atoms with Crippen LogP contribution in [0.1, 0.15) is 38.3 Å². The van der Waals surface area contributed by atoms with Crippen LogP contribution < -0.4 is 5.32 Å². The molecule has 0 spiro atoms. The first-order valence-corrected chi connectivity index (χ1v) is 7.36. The monoisotopic (exact) mass is 339 g/mol. The largest absolute Gasteiger partial charge is 0.481 e. The normalized spacial score (nSPS) is 21.1. The van der Waals surface area contributed by atoms with Crippen LogP contribution in [0.4, 0.5) is 0 Å². The summed E-state index contributed by atoms with van der Waals surface area (Å²) in [6, 6.07) is 6.88. The van der Waals surface area contributed by atoms with Crippen molar-refractivity contribution in [3.8, 4) is 0 Å². The quantitative estimate of drug-likeness (QED) is 0.865. The van der Waals surface area contributed by atoms with Gasteiger partial charge in [-0.1, -0.05) is 41.9 Å². The van der Waals surface area contributed by atoms with Crippen LogP contribution >= 0.6 is 15.9 Å². The van der Waals surface area contributed by atoms with Gasteiger partial charge in [0.1, 0.15) is 0 Å². The molecule has 0 bridgehead atoms. The maximum absolute atomic E-state index is 12.2. The van der Waals surface area contributed by atoms with Crippen molar-refractivity contribution in [3.63, 3.8) is 0 Å². The molecule has 1 fully saturated rings. The van der Waals surface area contributed by atoms with Crippen molar-refractivity contribution in [1.29, 1.82) is 0 Å². The summed E-state index contributed by atoms with van der Waals surface area (Å²) < 4.78 is 0.867. The van der Waals surface area contributed by atoms with Crippen molar-refractivity contribution in [2.24, 2.45) is 11.3 Å². The van der Waals surface area contributed by atoms with E-state index in [0.29, 0.717) is 0 Å². The van der Waals surface area contributed by atoms with Crippen LogP contribution in [0.25, 0.3) is 0 Å². The molecule has 20 heavy (non-hydrogen) atoms. The van der Waals surface area contributed by atoms with E-state index in [0.717, 1.165) is 16.5 Å². The van der Waals surface area contributed by atoms with Gasteiger partial charge < -0.3 is 10.4 Å². The highest BCUT2D eigenvalue weighted by Crippen LogP contribution is 2.51. The Morgan fingerprint density at radius 3 is 2.65 bits per heavy atom. The van der Waals surface area contributed by atoms with E-state index in [1.165, 1.54) is 0 Å². The number of carbonyl (C=O) groups excluding carboxylic acids is 1. The Morgan fingerprint density at radius 1 is 1.50 bits per heavy atom. The second-order valence-corrected chi connectivity index (χ2v) is 6.88.